The summed E-state index contributed by atoms with van der Waals surface area (Å²) in [6.07, 6.45) is 2.40. The smallest absolute Gasteiger partial charge is 0.303 e. The van der Waals surface area contributed by atoms with Crippen molar-refractivity contribution in [2.24, 2.45) is 5.92 Å². The summed E-state index contributed by atoms with van der Waals surface area (Å²) in [6, 6.07) is 10.2. The third kappa shape index (κ3) is 4.27. The summed E-state index contributed by atoms with van der Waals surface area (Å²) in [5.41, 5.74) is 7.56. The first-order valence-electron chi connectivity index (χ1n) is 8.07. The molecule has 0 aliphatic carbocycles. The van der Waals surface area contributed by atoms with Crippen molar-refractivity contribution in [2.45, 2.75) is 18.9 Å². The summed E-state index contributed by atoms with van der Waals surface area (Å²) in [7, 11) is 0. The number of carbonyl (C=O) groups is 2. The van der Waals surface area contributed by atoms with Gasteiger partial charge in [0.1, 0.15) is 4.32 Å². The molecule has 1 aromatic carbocycles. The number of aliphatic carboxylic acids is 1. The maximum Gasteiger partial charge on any atom is 0.303 e. The average Bonchev–Trinajstić information content (AvgIpc) is 3.15. The zero-order valence-corrected chi connectivity index (χ0v) is 15.1. The van der Waals surface area contributed by atoms with Crippen LogP contribution in [0, 0.1) is 5.92 Å². The van der Waals surface area contributed by atoms with E-state index in [2.05, 4.69) is 23.0 Å². The monoisotopic (exact) mass is 377 g/mol. The minimum atomic E-state index is -0.866. The second-order valence-electron chi connectivity index (χ2n) is 5.93. The lowest BCUT2D eigenvalue weighted by atomic mass is 9.94. The molecule has 2 heterocycles. The Morgan fingerprint density at radius 1 is 1.40 bits per heavy atom. The molecule has 2 atom stereocenters. The number of carboxylic acid groups (broad SMARTS) is 1. The zero-order valence-electron chi connectivity index (χ0n) is 13.5. The number of thioether (sulfide) groups is 1. The van der Waals surface area contributed by atoms with Crippen molar-refractivity contribution in [1.29, 1.82) is 0 Å². The van der Waals surface area contributed by atoms with E-state index in [1.807, 2.05) is 24.3 Å². The van der Waals surface area contributed by atoms with Crippen LogP contribution >= 0.6 is 24.0 Å². The Morgan fingerprint density at radius 3 is 2.88 bits per heavy atom. The SMILES string of the molecule is O=C(O)CCCN1C(=O)/C(=C/C2CNNC2c2ccccc2)SC1=S. The number of thiocarbonyl (C=S) groups is 1. The summed E-state index contributed by atoms with van der Waals surface area (Å²) in [4.78, 5) is 25.3. The predicted molar refractivity (Wildman–Crippen MR) is 101 cm³/mol. The van der Waals surface area contributed by atoms with Gasteiger partial charge in [0.05, 0.1) is 10.9 Å². The molecule has 3 rings (SSSR count). The summed E-state index contributed by atoms with van der Waals surface area (Å²) in [5.74, 6) is -0.857. The van der Waals surface area contributed by atoms with Gasteiger partial charge in [0, 0.05) is 25.4 Å². The van der Waals surface area contributed by atoms with E-state index in [1.165, 1.54) is 16.7 Å². The lowest BCUT2D eigenvalue weighted by Gasteiger charge is -2.16. The van der Waals surface area contributed by atoms with Crippen LogP contribution in [-0.4, -0.2) is 39.3 Å². The molecular formula is C17H19N3O3S2. The quantitative estimate of drug-likeness (QED) is 0.517. The molecule has 2 unspecified atom stereocenters. The second kappa shape index (κ2) is 8.09. The van der Waals surface area contributed by atoms with Crippen LogP contribution in [-0.2, 0) is 9.59 Å². The molecule has 2 fully saturated rings. The van der Waals surface area contributed by atoms with E-state index < -0.39 is 5.97 Å². The molecule has 3 N–H and O–H groups in total. The van der Waals surface area contributed by atoms with Crippen molar-refractivity contribution in [3.05, 3.63) is 46.9 Å². The number of benzene rings is 1. The maximum absolute atomic E-state index is 12.6. The van der Waals surface area contributed by atoms with Gasteiger partial charge in [-0.05, 0) is 12.0 Å². The molecule has 132 valence electrons. The first kappa shape index (κ1) is 18.1. The highest BCUT2D eigenvalue weighted by molar-refractivity contribution is 8.26. The fraction of sp³-hybridized carbons (Fsp3) is 0.353. The Balaban J connectivity index is 1.69. The predicted octanol–water partition coefficient (Wildman–Crippen LogP) is 2.06. The third-order valence-corrected chi connectivity index (χ3v) is 5.59. The molecule has 25 heavy (non-hydrogen) atoms. The third-order valence-electron chi connectivity index (χ3n) is 4.19. The minimum Gasteiger partial charge on any atom is -0.481 e. The number of hydrazine groups is 1. The molecule has 0 spiro atoms. The number of rotatable bonds is 6. The van der Waals surface area contributed by atoms with Gasteiger partial charge in [0.15, 0.2) is 0 Å². The fourth-order valence-corrected chi connectivity index (χ4v) is 4.30. The van der Waals surface area contributed by atoms with Crippen LogP contribution in [0.1, 0.15) is 24.4 Å². The molecule has 2 aliphatic rings. The first-order chi connectivity index (χ1) is 12.1. The summed E-state index contributed by atoms with van der Waals surface area (Å²) in [5, 5.41) is 8.73. The van der Waals surface area contributed by atoms with Gasteiger partial charge in [-0.2, -0.15) is 0 Å². The van der Waals surface area contributed by atoms with Crippen molar-refractivity contribution in [3.8, 4) is 0 Å². The lowest BCUT2D eigenvalue weighted by molar-refractivity contribution is -0.137. The van der Waals surface area contributed by atoms with E-state index in [4.69, 9.17) is 17.3 Å². The van der Waals surface area contributed by atoms with E-state index in [0.29, 0.717) is 22.2 Å². The Morgan fingerprint density at radius 2 is 2.16 bits per heavy atom. The molecular weight excluding hydrogens is 358 g/mol. The summed E-state index contributed by atoms with van der Waals surface area (Å²) < 4.78 is 0.497. The van der Waals surface area contributed by atoms with Crippen LogP contribution in [0.25, 0.3) is 0 Å². The van der Waals surface area contributed by atoms with Crippen LogP contribution in [0.4, 0.5) is 0 Å². The van der Waals surface area contributed by atoms with Gasteiger partial charge in [-0.15, -0.1) is 0 Å². The molecule has 0 saturated carbocycles. The van der Waals surface area contributed by atoms with E-state index >= 15 is 0 Å². The number of amides is 1. The summed E-state index contributed by atoms with van der Waals surface area (Å²) >= 11 is 6.58. The van der Waals surface area contributed by atoms with Crippen LogP contribution in [0.3, 0.4) is 0 Å². The van der Waals surface area contributed by atoms with Crippen molar-refractivity contribution in [1.82, 2.24) is 15.8 Å². The Hall–Kier alpha value is -1.74. The van der Waals surface area contributed by atoms with E-state index in [-0.39, 0.29) is 24.3 Å². The molecule has 8 heteroatoms. The number of nitrogens with one attached hydrogen (secondary N) is 2. The minimum absolute atomic E-state index is 0.0304. The normalized spacial score (nSPS) is 25.1. The molecule has 0 bridgehead atoms. The number of hydrogen-bond acceptors (Lipinski definition) is 6. The molecule has 0 radical (unpaired) electrons. The molecule has 6 nitrogen and oxygen atoms in total. The Kier molecular flexibility index (Phi) is 5.85. The summed E-state index contributed by atoms with van der Waals surface area (Å²) in [6.45, 7) is 1.07. The van der Waals surface area contributed by atoms with Crippen molar-refractivity contribution < 1.29 is 14.7 Å². The fourth-order valence-electron chi connectivity index (χ4n) is 2.95. The molecule has 0 aromatic heterocycles. The zero-order chi connectivity index (χ0) is 17.8. The standard InChI is InChI=1S/C17H19N3O3S2/c21-14(22)7-4-8-20-16(23)13(25-17(20)24)9-12-10-18-19-15(12)11-5-2-1-3-6-11/h1-3,5-6,9,12,15,18-19H,4,7-8,10H2,(H,21,22)/b13-9-. The van der Waals surface area contributed by atoms with Gasteiger partial charge in [-0.3, -0.25) is 19.9 Å². The topological polar surface area (TPSA) is 81.7 Å². The highest BCUT2D eigenvalue weighted by Crippen LogP contribution is 2.35. The molecule has 1 amide bonds. The molecule has 2 saturated heterocycles. The van der Waals surface area contributed by atoms with Crippen LogP contribution < -0.4 is 10.9 Å². The average molecular weight is 377 g/mol. The first-order valence-corrected chi connectivity index (χ1v) is 9.29. The van der Waals surface area contributed by atoms with Crippen molar-refractivity contribution >= 4 is 40.2 Å². The molecule has 2 aliphatic heterocycles. The van der Waals surface area contributed by atoms with Gasteiger partial charge < -0.3 is 5.11 Å². The van der Waals surface area contributed by atoms with E-state index in [0.717, 1.165) is 12.1 Å². The van der Waals surface area contributed by atoms with Crippen molar-refractivity contribution in [3.63, 3.8) is 0 Å². The number of carboxylic acids is 1. The highest BCUT2D eigenvalue weighted by Gasteiger charge is 2.34. The lowest BCUT2D eigenvalue weighted by Crippen LogP contribution is -2.29. The highest BCUT2D eigenvalue weighted by atomic mass is 32.2. The van der Waals surface area contributed by atoms with Gasteiger partial charge in [0.2, 0.25) is 0 Å². The maximum atomic E-state index is 12.6. The largest absolute Gasteiger partial charge is 0.481 e. The van der Waals surface area contributed by atoms with Crippen LogP contribution in [0.5, 0.6) is 0 Å². The van der Waals surface area contributed by atoms with Gasteiger partial charge in [0.25, 0.3) is 5.91 Å². The Labute approximate surface area is 155 Å². The van der Waals surface area contributed by atoms with E-state index in [9.17, 15) is 9.59 Å². The van der Waals surface area contributed by atoms with Crippen LogP contribution in [0.15, 0.2) is 41.3 Å². The van der Waals surface area contributed by atoms with E-state index in [1.54, 1.807) is 0 Å². The van der Waals surface area contributed by atoms with Crippen molar-refractivity contribution in [2.75, 3.05) is 13.1 Å². The van der Waals surface area contributed by atoms with Gasteiger partial charge in [-0.25, -0.2) is 5.43 Å². The second-order valence-corrected chi connectivity index (χ2v) is 7.61. The van der Waals surface area contributed by atoms with Gasteiger partial charge in [-0.1, -0.05) is 60.4 Å². The Bertz CT molecular complexity index is 708. The number of hydrogen-bond donors (Lipinski definition) is 3. The van der Waals surface area contributed by atoms with Crippen LogP contribution in [0.2, 0.25) is 0 Å². The molecule has 1 aromatic rings. The van der Waals surface area contributed by atoms with Gasteiger partial charge >= 0.3 is 5.97 Å². The number of carbonyl (C=O) groups excluding carboxylic acids is 1. The number of nitrogens with zero attached hydrogens (tertiary/aromatic N) is 1.